The number of hydrogen-bond donors (Lipinski definition) is 1. The van der Waals surface area contributed by atoms with E-state index in [-0.39, 0.29) is 12.3 Å². The molecule has 0 radical (unpaired) electrons. The number of likely N-dealkylation sites (tertiary alicyclic amines) is 1. The lowest BCUT2D eigenvalue weighted by Crippen LogP contribution is -2.35. The second kappa shape index (κ2) is 6.39. The summed E-state index contributed by atoms with van der Waals surface area (Å²) in [5.41, 5.74) is 1.74. The minimum atomic E-state index is -2.92. The van der Waals surface area contributed by atoms with Crippen molar-refractivity contribution in [2.45, 2.75) is 44.2 Å². The maximum absolute atomic E-state index is 14.3. The van der Waals surface area contributed by atoms with E-state index in [9.17, 15) is 13.6 Å². The van der Waals surface area contributed by atoms with Gasteiger partial charge in [-0.2, -0.15) is 0 Å². The molecule has 1 aliphatic heterocycles. The summed E-state index contributed by atoms with van der Waals surface area (Å²) in [7, 11) is 0. The lowest BCUT2D eigenvalue weighted by molar-refractivity contribution is -0.132. The summed E-state index contributed by atoms with van der Waals surface area (Å²) in [5.74, 6) is -2.20. The predicted octanol–water partition coefficient (Wildman–Crippen LogP) is 3.32. The van der Waals surface area contributed by atoms with Crippen LogP contribution < -0.4 is 0 Å². The van der Waals surface area contributed by atoms with Crippen molar-refractivity contribution >= 4 is 16.8 Å². The molecule has 1 unspecified atom stereocenters. The molecule has 1 N–H and O–H groups in total. The summed E-state index contributed by atoms with van der Waals surface area (Å²) in [6, 6.07) is 6.92. The molecule has 6 nitrogen and oxygen atoms in total. The van der Waals surface area contributed by atoms with E-state index in [1.54, 1.807) is 12.5 Å². The van der Waals surface area contributed by atoms with Crippen LogP contribution in [0.25, 0.3) is 10.9 Å². The van der Waals surface area contributed by atoms with Crippen molar-refractivity contribution in [3.05, 3.63) is 48.2 Å². The van der Waals surface area contributed by atoms with Crippen LogP contribution in [0.2, 0.25) is 0 Å². The second-order valence-corrected chi connectivity index (χ2v) is 7.92. The van der Waals surface area contributed by atoms with Crippen molar-refractivity contribution in [1.82, 2.24) is 24.6 Å². The van der Waals surface area contributed by atoms with Gasteiger partial charge in [0.25, 0.3) is 5.92 Å². The third kappa shape index (κ3) is 3.16. The van der Waals surface area contributed by atoms with Gasteiger partial charge in [-0.05, 0) is 30.4 Å². The molecule has 0 bridgehead atoms. The van der Waals surface area contributed by atoms with Gasteiger partial charge < -0.3 is 14.5 Å². The third-order valence-electron chi connectivity index (χ3n) is 5.70. The van der Waals surface area contributed by atoms with Crippen LogP contribution >= 0.6 is 0 Å². The van der Waals surface area contributed by atoms with Crippen LogP contribution in [0.5, 0.6) is 0 Å². The Hall–Kier alpha value is -2.77. The first-order valence-corrected chi connectivity index (χ1v) is 9.60. The average molecular weight is 385 g/mol. The van der Waals surface area contributed by atoms with Crippen molar-refractivity contribution in [3.63, 3.8) is 0 Å². The minimum Gasteiger partial charge on any atom is -0.361 e. The summed E-state index contributed by atoms with van der Waals surface area (Å²) in [5, 5.41) is 8.97. The smallest absolute Gasteiger partial charge is 0.267 e. The first-order valence-electron chi connectivity index (χ1n) is 9.60. The summed E-state index contributed by atoms with van der Waals surface area (Å²) in [6.45, 7) is 0.157. The average Bonchev–Trinajstić information content (AvgIpc) is 3.07. The zero-order valence-corrected chi connectivity index (χ0v) is 15.3. The van der Waals surface area contributed by atoms with Gasteiger partial charge in [-0.1, -0.05) is 18.2 Å². The molecule has 3 heterocycles. The molecular formula is C20H21F2N5O. The largest absolute Gasteiger partial charge is 0.361 e. The molecule has 1 aromatic carbocycles. The fourth-order valence-corrected chi connectivity index (χ4v) is 4.09. The number of amides is 1. The quantitative estimate of drug-likeness (QED) is 0.733. The summed E-state index contributed by atoms with van der Waals surface area (Å²) >= 11 is 0. The maximum atomic E-state index is 14.3. The van der Waals surface area contributed by atoms with Crippen LogP contribution in [-0.4, -0.2) is 43.0 Å². The van der Waals surface area contributed by atoms with Gasteiger partial charge in [0.15, 0.2) is 5.82 Å². The number of carbonyl (C=O) groups excluding carboxylic acids is 1. The Labute approximate surface area is 160 Å². The third-order valence-corrected chi connectivity index (χ3v) is 5.70. The molecule has 1 saturated heterocycles. The van der Waals surface area contributed by atoms with E-state index < -0.39 is 24.9 Å². The number of aromatic nitrogens is 4. The van der Waals surface area contributed by atoms with Gasteiger partial charge in [-0.15, -0.1) is 10.2 Å². The van der Waals surface area contributed by atoms with Crippen molar-refractivity contribution < 1.29 is 13.6 Å². The molecule has 5 rings (SSSR count). The van der Waals surface area contributed by atoms with Gasteiger partial charge in [-0.3, -0.25) is 4.79 Å². The molecule has 0 spiro atoms. The fraction of sp³-hybridized carbons (Fsp3) is 0.450. The highest BCUT2D eigenvalue weighted by atomic mass is 19.3. The van der Waals surface area contributed by atoms with Crippen LogP contribution in [0.1, 0.15) is 36.7 Å². The fourth-order valence-electron chi connectivity index (χ4n) is 4.09. The van der Waals surface area contributed by atoms with E-state index in [4.69, 9.17) is 0 Å². The van der Waals surface area contributed by atoms with E-state index in [1.165, 1.54) is 4.90 Å². The molecule has 1 amide bonds. The normalized spacial score (nSPS) is 21.5. The van der Waals surface area contributed by atoms with E-state index in [0.29, 0.717) is 11.7 Å². The highest BCUT2D eigenvalue weighted by molar-refractivity contribution is 5.89. The van der Waals surface area contributed by atoms with Gasteiger partial charge in [0.2, 0.25) is 5.91 Å². The lowest BCUT2D eigenvalue weighted by Gasteiger charge is -2.23. The predicted molar refractivity (Wildman–Crippen MR) is 98.8 cm³/mol. The standard InChI is InChI=1S/C20H21F2N5O/c21-20(22)8-17(19-25-24-12-26(19)10-13-5-6-13)27(11-20)18(28)7-14-9-23-16-4-2-1-3-15(14)16/h1-4,9,12-13,17,23H,5-8,10-11H2. The van der Waals surface area contributed by atoms with E-state index in [2.05, 4.69) is 15.2 Å². The van der Waals surface area contributed by atoms with Gasteiger partial charge in [0.1, 0.15) is 6.33 Å². The summed E-state index contributed by atoms with van der Waals surface area (Å²) < 4.78 is 30.4. The Balaban J connectivity index is 1.41. The van der Waals surface area contributed by atoms with Crippen LogP contribution in [0, 0.1) is 5.92 Å². The highest BCUT2D eigenvalue weighted by Gasteiger charge is 2.49. The number of para-hydroxylation sites is 1. The Morgan fingerprint density at radius 3 is 2.93 bits per heavy atom. The zero-order chi connectivity index (χ0) is 19.3. The number of H-pyrrole nitrogens is 1. The van der Waals surface area contributed by atoms with Crippen LogP contribution in [0.4, 0.5) is 8.78 Å². The maximum Gasteiger partial charge on any atom is 0.267 e. The monoisotopic (exact) mass is 385 g/mol. The van der Waals surface area contributed by atoms with Crippen LogP contribution in [0.15, 0.2) is 36.8 Å². The van der Waals surface area contributed by atoms with Crippen molar-refractivity contribution in [2.75, 3.05) is 6.54 Å². The first kappa shape index (κ1) is 17.3. The topological polar surface area (TPSA) is 66.8 Å². The Bertz CT molecular complexity index is 1020. The number of halogens is 2. The number of fused-ring (bicyclic) bond motifs is 1. The van der Waals surface area contributed by atoms with E-state index in [1.807, 2.05) is 28.8 Å². The minimum absolute atomic E-state index is 0.0767. The highest BCUT2D eigenvalue weighted by Crippen LogP contribution is 2.41. The Morgan fingerprint density at radius 1 is 1.29 bits per heavy atom. The zero-order valence-electron chi connectivity index (χ0n) is 15.3. The SMILES string of the molecule is O=C(Cc1c[nH]c2ccccc12)N1CC(F)(F)CC1c1nncn1CC1CC1. The van der Waals surface area contributed by atoms with Gasteiger partial charge >= 0.3 is 0 Å². The number of rotatable bonds is 5. The molecule has 3 aromatic rings. The number of alkyl halides is 2. The van der Waals surface area contributed by atoms with E-state index in [0.717, 1.165) is 35.9 Å². The number of nitrogens with zero attached hydrogens (tertiary/aromatic N) is 4. The molecule has 8 heteroatoms. The molecular weight excluding hydrogens is 364 g/mol. The number of aromatic amines is 1. The molecule has 2 aromatic heterocycles. The van der Waals surface area contributed by atoms with Gasteiger partial charge in [-0.25, -0.2) is 8.78 Å². The van der Waals surface area contributed by atoms with Crippen molar-refractivity contribution in [1.29, 1.82) is 0 Å². The number of nitrogens with one attached hydrogen (secondary N) is 1. The molecule has 1 saturated carbocycles. The Morgan fingerprint density at radius 2 is 2.11 bits per heavy atom. The van der Waals surface area contributed by atoms with Gasteiger partial charge in [0.05, 0.1) is 19.0 Å². The van der Waals surface area contributed by atoms with E-state index >= 15 is 0 Å². The van der Waals surface area contributed by atoms with Crippen LogP contribution in [-0.2, 0) is 17.8 Å². The second-order valence-electron chi connectivity index (χ2n) is 7.92. The van der Waals surface area contributed by atoms with Crippen LogP contribution in [0.3, 0.4) is 0 Å². The Kier molecular flexibility index (Phi) is 3.96. The molecule has 2 fully saturated rings. The number of carbonyl (C=O) groups is 1. The number of benzene rings is 1. The molecule has 2 aliphatic rings. The lowest BCUT2D eigenvalue weighted by atomic mass is 10.1. The number of hydrogen-bond acceptors (Lipinski definition) is 3. The first-order chi connectivity index (χ1) is 13.5. The van der Waals surface area contributed by atoms with Crippen molar-refractivity contribution in [2.24, 2.45) is 5.92 Å². The van der Waals surface area contributed by atoms with Gasteiger partial charge in [0, 0.05) is 30.1 Å². The van der Waals surface area contributed by atoms with Crippen molar-refractivity contribution in [3.8, 4) is 0 Å². The molecule has 146 valence electrons. The summed E-state index contributed by atoms with van der Waals surface area (Å²) in [4.78, 5) is 17.4. The molecule has 1 aliphatic carbocycles. The molecule has 28 heavy (non-hydrogen) atoms. The summed E-state index contributed by atoms with van der Waals surface area (Å²) in [6.07, 6.45) is 5.32. The molecule has 1 atom stereocenters.